The van der Waals surface area contributed by atoms with Gasteiger partial charge in [0.25, 0.3) is 22.2 Å². The smallest absolute Gasteiger partial charge is 0.258 e. The normalized spacial score (nSPS) is 11.5. The summed E-state index contributed by atoms with van der Waals surface area (Å²) in [6.07, 6.45) is 5.58. The molecule has 0 fully saturated rings. The Morgan fingerprint density at radius 3 is 2.27 bits per heavy atom. The fourth-order valence-electron chi connectivity index (χ4n) is 3.45. The number of hydrogen-bond donors (Lipinski definition) is 1. The van der Waals surface area contributed by atoms with E-state index in [0.29, 0.717) is 28.4 Å². The van der Waals surface area contributed by atoms with Crippen LogP contribution in [0.5, 0.6) is 0 Å². The van der Waals surface area contributed by atoms with Crippen LogP contribution in [0.4, 0.5) is 5.82 Å². The van der Waals surface area contributed by atoms with E-state index in [-0.39, 0.29) is 10.7 Å². The Bertz CT molecular complexity index is 1530. The molecular weight excluding hydrogens is 458 g/mol. The summed E-state index contributed by atoms with van der Waals surface area (Å²) in [7, 11) is -3.90. The van der Waals surface area contributed by atoms with Gasteiger partial charge in [0, 0.05) is 5.02 Å². The minimum Gasteiger partial charge on any atom is -0.258 e. The highest BCUT2D eigenvalue weighted by Crippen LogP contribution is 2.24. The van der Waals surface area contributed by atoms with Crippen LogP contribution in [0.2, 0.25) is 5.02 Å². The third-order valence-corrected chi connectivity index (χ3v) is 6.66. The van der Waals surface area contributed by atoms with Crippen molar-refractivity contribution in [2.45, 2.75) is 11.4 Å². The average Bonchev–Trinajstić information content (AvgIpc) is 3.27. The van der Waals surface area contributed by atoms with Crippen LogP contribution in [-0.2, 0) is 16.6 Å². The third-order valence-electron chi connectivity index (χ3n) is 5.05. The number of benzene rings is 3. The summed E-state index contributed by atoms with van der Waals surface area (Å²) in [6.45, 7) is 0.667. The Morgan fingerprint density at radius 1 is 0.879 bits per heavy atom. The lowest BCUT2D eigenvalue weighted by Gasteiger charge is -2.10. The molecule has 3 aromatic carbocycles. The van der Waals surface area contributed by atoms with Crippen molar-refractivity contribution in [3.05, 3.63) is 108 Å². The van der Waals surface area contributed by atoms with Gasteiger partial charge in [-0.25, -0.2) is 23.0 Å². The van der Waals surface area contributed by atoms with Gasteiger partial charge < -0.3 is 0 Å². The number of nitrogens with one attached hydrogen (secondary N) is 1. The van der Waals surface area contributed by atoms with Gasteiger partial charge in [0.2, 0.25) is 5.82 Å². The van der Waals surface area contributed by atoms with Crippen LogP contribution >= 0.6 is 11.6 Å². The number of halogens is 1. The Morgan fingerprint density at radius 2 is 1.55 bits per heavy atom. The molecule has 5 rings (SSSR count). The number of rotatable bonds is 6. The summed E-state index contributed by atoms with van der Waals surface area (Å²) in [6, 6.07) is 23.3. The third kappa shape index (κ3) is 4.57. The van der Waals surface area contributed by atoms with Crippen molar-refractivity contribution in [3.8, 4) is 5.82 Å². The van der Waals surface area contributed by atoms with Gasteiger partial charge in [-0.3, -0.25) is 4.72 Å². The molecule has 0 atom stereocenters. The largest absolute Gasteiger partial charge is 0.270 e. The maximum Gasteiger partial charge on any atom is 0.270 e. The molecule has 0 radical (unpaired) electrons. The molecule has 0 aliphatic heterocycles. The number of para-hydroxylation sites is 2. The molecule has 164 valence electrons. The van der Waals surface area contributed by atoms with Crippen LogP contribution in [0, 0.1) is 0 Å². The second-order valence-corrected chi connectivity index (χ2v) is 9.54. The van der Waals surface area contributed by atoms with Gasteiger partial charge in [0.15, 0.2) is 0 Å². The molecule has 2 aromatic heterocycles. The summed E-state index contributed by atoms with van der Waals surface area (Å²) >= 11 is 5.91. The topological polar surface area (TPSA) is 80.8 Å². The quantitative estimate of drug-likeness (QED) is 0.372. The molecule has 0 bridgehead atoms. The number of aromatic nitrogens is 4. The first-order chi connectivity index (χ1) is 16.0. The average molecular weight is 477 g/mol. The monoisotopic (exact) mass is 476 g/mol. The maximum atomic E-state index is 13.0. The minimum atomic E-state index is -3.90. The molecule has 1 N–H and O–H groups in total. The van der Waals surface area contributed by atoms with Gasteiger partial charge >= 0.3 is 0 Å². The molecule has 0 aliphatic carbocycles. The molecule has 2 heterocycles. The number of imidazole rings is 1. The van der Waals surface area contributed by atoms with Crippen molar-refractivity contribution in [2.24, 2.45) is 0 Å². The first-order valence-corrected chi connectivity index (χ1v) is 12.0. The molecule has 0 unspecified atom stereocenters. The SMILES string of the molecule is O=S(=O)(Nc1nc2ccccc2nc1-n1cc[n+](Cc2ccccc2)c1)c1ccc(Cl)cc1. The lowest BCUT2D eigenvalue weighted by Crippen LogP contribution is -2.31. The van der Waals surface area contributed by atoms with Gasteiger partial charge in [-0.2, -0.15) is 4.57 Å². The highest BCUT2D eigenvalue weighted by molar-refractivity contribution is 7.92. The van der Waals surface area contributed by atoms with Crippen molar-refractivity contribution in [1.29, 1.82) is 0 Å². The van der Waals surface area contributed by atoms with Crippen molar-refractivity contribution in [1.82, 2.24) is 14.5 Å². The summed E-state index contributed by atoms with van der Waals surface area (Å²) in [5.74, 6) is 0.504. The first kappa shape index (κ1) is 21.1. The standard InChI is InChI=1S/C24H19ClN5O2S/c25-19-10-12-20(13-11-19)33(31,32)28-23-24(27-22-9-5-4-8-21(22)26-23)30-15-14-29(17-30)16-18-6-2-1-3-7-18/h1-15,17H,16H2,(H,26,28)/q+1. The van der Waals surface area contributed by atoms with E-state index in [1.807, 2.05) is 71.8 Å². The van der Waals surface area contributed by atoms with Gasteiger partial charge in [0.05, 0.1) is 15.9 Å². The van der Waals surface area contributed by atoms with Crippen LogP contribution < -0.4 is 9.29 Å². The van der Waals surface area contributed by atoms with Crippen LogP contribution in [-0.4, -0.2) is 23.0 Å². The highest BCUT2D eigenvalue weighted by Gasteiger charge is 2.22. The molecule has 0 saturated heterocycles. The maximum absolute atomic E-state index is 13.0. The lowest BCUT2D eigenvalue weighted by atomic mass is 10.2. The van der Waals surface area contributed by atoms with E-state index < -0.39 is 10.0 Å². The minimum absolute atomic E-state index is 0.0828. The molecule has 0 saturated carbocycles. The summed E-state index contributed by atoms with van der Waals surface area (Å²) < 4.78 is 32.4. The molecule has 0 aliphatic rings. The zero-order valence-corrected chi connectivity index (χ0v) is 18.9. The molecule has 7 nitrogen and oxygen atoms in total. The number of hydrogen-bond acceptors (Lipinski definition) is 4. The lowest BCUT2D eigenvalue weighted by molar-refractivity contribution is -0.687. The number of sulfonamides is 1. The predicted octanol–water partition coefficient (Wildman–Crippen LogP) is 4.21. The summed E-state index contributed by atoms with van der Waals surface area (Å²) in [4.78, 5) is 9.34. The molecular formula is C24H19ClN5O2S+. The number of fused-ring (bicyclic) bond motifs is 1. The van der Waals surface area contributed by atoms with E-state index in [1.54, 1.807) is 10.6 Å². The Balaban J connectivity index is 1.56. The van der Waals surface area contributed by atoms with Crippen LogP contribution in [0.25, 0.3) is 16.9 Å². The van der Waals surface area contributed by atoms with Crippen LogP contribution in [0.15, 0.2) is 102 Å². The van der Waals surface area contributed by atoms with Crippen molar-refractivity contribution >= 4 is 38.5 Å². The summed E-state index contributed by atoms with van der Waals surface area (Å²) in [5, 5.41) is 0.454. The van der Waals surface area contributed by atoms with E-state index in [4.69, 9.17) is 16.6 Å². The predicted molar refractivity (Wildman–Crippen MR) is 127 cm³/mol. The first-order valence-electron chi connectivity index (χ1n) is 10.1. The van der Waals surface area contributed by atoms with E-state index >= 15 is 0 Å². The Labute approximate surface area is 196 Å². The number of nitrogens with zero attached hydrogens (tertiary/aromatic N) is 4. The Hall–Kier alpha value is -3.75. The van der Waals surface area contributed by atoms with Crippen LogP contribution in [0.3, 0.4) is 0 Å². The van der Waals surface area contributed by atoms with Gasteiger partial charge in [0.1, 0.15) is 18.9 Å². The second kappa shape index (κ2) is 8.65. The highest BCUT2D eigenvalue weighted by atomic mass is 35.5. The van der Waals surface area contributed by atoms with Gasteiger partial charge in [-0.05, 0) is 42.0 Å². The van der Waals surface area contributed by atoms with Gasteiger partial charge in [-0.1, -0.05) is 54.1 Å². The van der Waals surface area contributed by atoms with E-state index in [0.717, 1.165) is 5.56 Å². The molecule has 0 spiro atoms. The summed E-state index contributed by atoms with van der Waals surface area (Å²) in [5.41, 5.74) is 2.39. The molecule has 33 heavy (non-hydrogen) atoms. The zero-order chi connectivity index (χ0) is 22.8. The molecule has 0 amide bonds. The molecule has 9 heteroatoms. The fraction of sp³-hybridized carbons (Fsp3) is 0.0417. The van der Waals surface area contributed by atoms with Crippen LogP contribution in [0.1, 0.15) is 5.56 Å². The van der Waals surface area contributed by atoms with Crippen molar-refractivity contribution < 1.29 is 13.0 Å². The van der Waals surface area contributed by atoms with Gasteiger partial charge in [-0.15, -0.1) is 0 Å². The number of anilines is 1. The zero-order valence-electron chi connectivity index (χ0n) is 17.3. The molecule has 5 aromatic rings. The Kier molecular flexibility index (Phi) is 5.53. The fourth-order valence-corrected chi connectivity index (χ4v) is 4.58. The van der Waals surface area contributed by atoms with Crippen molar-refractivity contribution in [2.75, 3.05) is 4.72 Å². The van der Waals surface area contributed by atoms with Crippen molar-refractivity contribution in [3.63, 3.8) is 0 Å². The van der Waals surface area contributed by atoms with E-state index in [2.05, 4.69) is 9.71 Å². The second-order valence-electron chi connectivity index (χ2n) is 7.42. The van der Waals surface area contributed by atoms with E-state index in [9.17, 15) is 8.42 Å². The van der Waals surface area contributed by atoms with E-state index in [1.165, 1.54) is 24.3 Å².